The first-order valence-electron chi connectivity index (χ1n) is 11.5. The highest BCUT2D eigenvalue weighted by atomic mass is 35.5. The van der Waals surface area contributed by atoms with Crippen LogP contribution < -0.4 is 4.74 Å². The van der Waals surface area contributed by atoms with Crippen LogP contribution in [0.15, 0.2) is 66.7 Å². The summed E-state index contributed by atoms with van der Waals surface area (Å²) >= 11 is 5.94. The largest absolute Gasteiger partial charge is 0.484 e. The number of carbonyl (C=O) groups is 1. The molecule has 1 spiro atoms. The Bertz CT molecular complexity index is 1100. The maximum atomic E-state index is 13.1. The van der Waals surface area contributed by atoms with E-state index in [1.54, 1.807) is 24.3 Å². The molecule has 2 fully saturated rings. The van der Waals surface area contributed by atoms with Crippen LogP contribution in [0.3, 0.4) is 0 Å². The summed E-state index contributed by atoms with van der Waals surface area (Å²) in [7, 11) is 0. The van der Waals surface area contributed by atoms with Crippen LogP contribution in [0, 0.1) is 0 Å². The second kappa shape index (κ2) is 9.13. The quantitative estimate of drug-likeness (QED) is 0.514. The van der Waals surface area contributed by atoms with Crippen LogP contribution in [0.5, 0.6) is 5.75 Å². The number of rotatable bonds is 5. The first kappa shape index (κ1) is 21.3. The van der Waals surface area contributed by atoms with E-state index in [-0.39, 0.29) is 18.1 Å². The van der Waals surface area contributed by atoms with Crippen molar-refractivity contribution in [3.63, 3.8) is 0 Å². The van der Waals surface area contributed by atoms with Gasteiger partial charge in [0.25, 0.3) is 5.91 Å². The van der Waals surface area contributed by atoms with E-state index >= 15 is 0 Å². The molecule has 4 nitrogen and oxygen atoms in total. The molecule has 2 aliphatic rings. The van der Waals surface area contributed by atoms with Crippen molar-refractivity contribution in [3.05, 3.63) is 77.3 Å². The van der Waals surface area contributed by atoms with Gasteiger partial charge in [0.2, 0.25) is 0 Å². The van der Waals surface area contributed by atoms with E-state index in [4.69, 9.17) is 16.3 Å². The Hall–Kier alpha value is -2.56. The summed E-state index contributed by atoms with van der Waals surface area (Å²) in [5.41, 5.74) is 1.28. The van der Waals surface area contributed by atoms with Crippen LogP contribution in [0.1, 0.15) is 31.2 Å². The average molecular weight is 449 g/mol. The maximum Gasteiger partial charge on any atom is 0.261 e. The Morgan fingerprint density at radius 1 is 0.938 bits per heavy atom. The fraction of sp³-hybridized carbons (Fsp3) is 0.370. The Morgan fingerprint density at radius 3 is 2.50 bits per heavy atom. The number of amides is 1. The van der Waals surface area contributed by atoms with Gasteiger partial charge in [-0.3, -0.25) is 9.69 Å². The van der Waals surface area contributed by atoms with Gasteiger partial charge in [-0.1, -0.05) is 48.0 Å². The summed E-state index contributed by atoms with van der Waals surface area (Å²) in [5.74, 6) is 0.766. The first-order chi connectivity index (χ1) is 15.6. The molecule has 0 bridgehead atoms. The van der Waals surface area contributed by atoms with E-state index in [1.807, 2.05) is 0 Å². The number of halogens is 1. The molecule has 0 radical (unpaired) electrons. The zero-order chi connectivity index (χ0) is 22.0. The van der Waals surface area contributed by atoms with Gasteiger partial charge in [-0.25, -0.2) is 0 Å². The molecule has 1 unspecified atom stereocenters. The Morgan fingerprint density at radius 2 is 1.69 bits per heavy atom. The van der Waals surface area contributed by atoms with Crippen LogP contribution in [0.2, 0.25) is 5.02 Å². The number of ether oxygens (including phenoxy) is 1. The molecule has 0 aliphatic carbocycles. The van der Waals surface area contributed by atoms with E-state index in [0.29, 0.717) is 10.8 Å². The van der Waals surface area contributed by atoms with Crippen molar-refractivity contribution in [2.24, 2.45) is 0 Å². The van der Waals surface area contributed by atoms with Crippen molar-refractivity contribution in [2.75, 3.05) is 26.2 Å². The molecule has 32 heavy (non-hydrogen) atoms. The number of hydrogen-bond acceptors (Lipinski definition) is 3. The molecular formula is C27H29ClN2O2. The van der Waals surface area contributed by atoms with Gasteiger partial charge >= 0.3 is 0 Å². The lowest BCUT2D eigenvalue weighted by Crippen LogP contribution is -2.57. The van der Waals surface area contributed by atoms with Gasteiger partial charge in [-0.2, -0.15) is 0 Å². The van der Waals surface area contributed by atoms with Gasteiger partial charge in [-0.05, 0) is 78.9 Å². The Labute approximate surface area is 194 Å². The summed E-state index contributed by atoms with van der Waals surface area (Å²) in [4.78, 5) is 17.8. The molecule has 5 heteroatoms. The van der Waals surface area contributed by atoms with Crippen molar-refractivity contribution in [3.8, 4) is 5.75 Å². The molecule has 1 atom stereocenters. The van der Waals surface area contributed by atoms with E-state index in [2.05, 4.69) is 52.3 Å². The molecule has 0 aromatic heterocycles. The second-order valence-corrected chi connectivity index (χ2v) is 9.55. The minimum atomic E-state index is -0.0600. The summed E-state index contributed by atoms with van der Waals surface area (Å²) in [6.45, 7) is 3.85. The summed E-state index contributed by atoms with van der Waals surface area (Å²) in [5, 5.41) is 3.23. The van der Waals surface area contributed by atoms with Gasteiger partial charge in [0.15, 0.2) is 6.61 Å². The maximum absolute atomic E-state index is 13.1. The molecule has 166 valence electrons. The lowest BCUT2D eigenvalue weighted by Gasteiger charge is -2.46. The van der Waals surface area contributed by atoms with Crippen molar-refractivity contribution in [2.45, 2.75) is 37.8 Å². The van der Waals surface area contributed by atoms with Crippen LogP contribution in [0.4, 0.5) is 0 Å². The third-order valence-corrected chi connectivity index (χ3v) is 7.18. The van der Waals surface area contributed by atoms with Gasteiger partial charge in [0.1, 0.15) is 5.75 Å². The van der Waals surface area contributed by atoms with Gasteiger partial charge in [0.05, 0.1) is 5.54 Å². The molecule has 1 amide bonds. The number of hydrogen-bond donors (Lipinski definition) is 0. The zero-order valence-electron chi connectivity index (χ0n) is 18.3. The number of benzene rings is 3. The van der Waals surface area contributed by atoms with E-state index in [1.165, 1.54) is 16.3 Å². The van der Waals surface area contributed by atoms with Gasteiger partial charge < -0.3 is 9.64 Å². The van der Waals surface area contributed by atoms with Crippen LogP contribution >= 0.6 is 11.6 Å². The lowest BCUT2D eigenvalue weighted by molar-refractivity contribution is -0.139. The molecule has 3 aromatic rings. The first-order valence-corrected chi connectivity index (χ1v) is 11.9. The number of piperidine rings is 1. The predicted octanol–water partition coefficient (Wildman–Crippen LogP) is 5.53. The van der Waals surface area contributed by atoms with Crippen LogP contribution in [-0.2, 0) is 11.3 Å². The van der Waals surface area contributed by atoms with Crippen LogP contribution in [0.25, 0.3) is 10.8 Å². The molecule has 3 aromatic carbocycles. The predicted molar refractivity (Wildman–Crippen MR) is 129 cm³/mol. The average Bonchev–Trinajstić information content (AvgIpc) is 3.21. The molecule has 2 aliphatic heterocycles. The molecule has 2 heterocycles. The monoisotopic (exact) mass is 448 g/mol. The number of nitrogens with zero attached hydrogens (tertiary/aromatic N) is 2. The van der Waals surface area contributed by atoms with E-state index in [9.17, 15) is 4.79 Å². The molecule has 5 rings (SSSR count). The van der Waals surface area contributed by atoms with Crippen molar-refractivity contribution in [1.29, 1.82) is 0 Å². The van der Waals surface area contributed by atoms with Crippen molar-refractivity contribution < 1.29 is 9.53 Å². The Kier molecular flexibility index (Phi) is 6.07. The fourth-order valence-electron chi connectivity index (χ4n) is 5.44. The van der Waals surface area contributed by atoms with Gasteiger partial charge in [-0.15, -0.1) is 0 Å². The summed E-state index contributed by atoms with van der Waals surface area (Å²) < 4.78 is 5.77. The highest BCUT2D eigenvalue weighted by Crippen LogP contribution is 2.38. The highest BCUT2D eigenvalue weighted by molar-refractivity contribution is 6.30. The molecule has 0 saturated carbocycles. The summed E-state index contributed by atoms with van der Waals surface area (Å²) in [6, 6.07) is 22.4. The minimum absolute atomic E-state index is 0.0600. The molecule has 0 N–H and O–H groups in total. The van der Waals surface area contributed by atoms with Crippen LogP contribution in [-0.4, -0.2) is 47.5 Å². The van der Waals surface area contributed by atoms with Crippen molar-refractivity contribution in [1.82, 2.24) is 9.80 Å². The topological polar surface area (TPSA) is 32.8 Å². The minimum Gasteiger partial charge on any atom is -0.484 e. The third-order valence-electron chi connectivity index (χ3n) is 6.93. The highest BCUT2D eigenvalue weighted by Gasteiger charge is 2.46. The normalized spacial score (nSPS) is 21.3. The van der Waals surface area contributed by atoms with Crippen molar-refractivity contribution >= 4 is 28.3 Å². The lowest BCUT2D eigenvalue weighted by atomic mass is 9.86. The standard InChI is InChI=1S/C27H29ClN2O2/c28-24-9-11-25(12-10-24)32-19-26(31)30-16-4-14-27(30)13-3-15-29(20-27)18-21-7-8-22-5-1-2-6-23(22)17-21/h1-2,5-12,17H,3-4,13-16,18-20H2. The van der Waals surface area contributed by atoms with E-state index in [0.717, 1.165) is 51.9 Å². The fourth-order valence-corrected chi connectivity index (χ4v) is 5.57. The van der Waals surface area contributed by atoms with Gasteiger partial charge in [0, 0.05) is 24.7 Å². The molecular weight excluding hydrogens is 420 g/mol. The van der Waals surface area contributed by atoms with E-state index < -0.39 is 0 Å². The third kappa shape index (κ3) is 4.48. The smallest absolute Gasteiger partial charge is 0.261 e. The number of likely N-dealkylation sites (tertiary alicyclic amines) is 2. The number of carbonyl (C=O) groups excluding carboxylic acids is 1. The number of fused-ring (bicyclic) bond motifs is 1. The second-order valence-electron chi connectivity index (χ2n) is 9.11. The zero-order valence-corrected chi connectivity index (χ0v) is 19.1. The Balaban J connectivity index is 1.25. The summed E-state index contributed by atoms with van der Waals surface area (Å²) in [6.07, 6.45) is 4.34. The molecule has 2 saturated heterocycles. The SMILES string of the molecule is O=C(COc1ccc(Cl)cc1)N1CCCC12CCCN(Cc1ccc3ccccc3c1)C2.